The van der Waals surface area contributed by atoms with Crippen molar-refractivity contribution in [2.24, 2.45) is 0 Å². The van der Waals surface area contributed by atoms with Crippen LogP contribution < -0.4 is 10.0 Å². The fourth-order valence-corrected chi connectivity index (χ4v) is 4.29. The molecule has 29 heavy (non-hydrogen) atoms. The number of nitrogens with zero attached hydrogens (tertiary/aromatic N) is 2. The molecular weight excluding hydrogens is 410 g/mol. The first-order valence-electron chi connectivity index (χ1n) is 8.62. The summed E-state index contributed by atoms with van der Waals surface area (Å²) in [5.74, 6) is -0.189. The number of sulfonamides is 1. The van der Waals surface area contributed by atoms with Gasteiger partial charge in [-0.3, -0.25) is 14.6 Å². The molecule has 4 aromatic rings. The molecule has 4 rings (SSSR count). The minimum Gasteiger partial charge on any atom is -0.317 e. The van der Waals surface area contributed by atoms with E-state index in [9.17, 15) is 13.2 Å². The fourth-order valence-electron chi connectivity index (χ4n) is 2.93. The van der Waals surface area contributed by atoms with Gasteiger partial charge in [-0.1, -0.05) is 12.1 Å². The first-order chi connectivity index (χ1) is 13.9. The third-order valence-corrected chi connectivity index (χ3v) is 5.53. The Balaban J connectivity index is 1.45. The summed E-state index contributed by atoms with van der Waals surface area (Å²) in [6, 6.07) is 12.4. The van der Waals surface area contributed by atoms with Gasteiger partial charge >= 0.3 is 0 Å². The first-order valence-corrected chi connectivity index (χ1v) is 11.4. The Morgan fingerprint density at radius 3 is 2.90 bits per heavy atom. The van der Waals surface area contributed by atoms with Crippen LogP contribution in [0.4, 0.5) is 10.7 Å². The minimum absolute atomic E-state index is 0.128. The van der Waals surface area contributed by atoms with Crippen molar-refractivity contribution in [2.75, 3.05) is 16.3 Å². The number of H-pyrrole nitrogens is 1. The van der Waals surface area contributed by atoms with Gasteiger partial charge in [-0.25, -0.2) is 13.4 Å². The number of carbonyl (C=O) groups is 1. The molecule has 1 amide bonds. The van der Waals surface area contributed by atoms with E-state index >= 15 is 0 Å². The Hall–Kier alpha value is -3.24. The van der Waals surface area contributed by atoms with Gasteiger partial charge in [0.1, 0.15) is 0 Å². The van der Waals surface area contributed by atoms with Gasteiger partial charge in [0.25, 0.3) is 0 Å². The van der Waals surface area contributed by atoms with Crippen LogP contribution in [0, 0.1) is 0 Å². The van der Waals surface area contributed by atoms with Crippen LogP contribution in [-0.2, 0) is 21.2 Å². The molecule has 0 aliphatic rings. The summed E-state index contributed by atoms with van der Waals surface area (Å²) >= 11 is 1.41. The molecule has 1 aromatic carbocycles. The van der Waals surface area contributed by atoms with Crippen molar-refractivity contribution < 1.29 is 13.2 Å². The minimum atomic E-state index is -3.37. The zero-order chi connectivity index (χ0) is 20.4. The SMILES string of the molecule is CS(=O)(=O)Nc1cccc(CC(=O)Nc2cc(-c3[nH]nc4ncccc34)cs2)c1. The molecule has 8 nitrogen and oxygen atoms in total. The lowest BCUT2D eigenvalue weighted by atomic mass is 10.1. The van der Waals surface area contributed by atoms with Gasteiger partial charge in [0.05, 0.1) is 23.4 Å². The summed E-state index contributed by atoms with van der Waals surface area (Å²) in [6.07, 6.45) is 2.90. The van der Waals surface area contributed by atoms with Crippen LogP contribution in [-0.4, -0.2) is 35.8 Å². The van der Waals surface area contributed by atoms with E-state index < -0.39 is 10.0 Å². The summed E-state index contributed by atoms with van der Waals surface area (Å²) in [5, 5.41) is 13.6. The highest BCUT2D eigenvalue weighted by Gasteiger charge is 2.12. The van der Waals surface area contributed by atoms with Crippen LogP contribution in [0.15, 0.2) is 54.0 Å². The molecule has 0 aliphatic carbocycles. The summed E-state index contributed by atoms with van der Waals surface area (Å²) < 4.78 is 25.1. The Labute approximate surface area is 171 Å². The smallest absolute Gasteiger partial charge is 0.229 e. The third-order valence-electron chi connectivity index (χ3n) is 4.08. The largest absolute Gasteiger partial charge is 0.317 e. The maximum absolute atomic E-state index is 12.4. The van der Waals surface area contributed by atoms with E-state index in [0.29, 0.717) is 21.9 Å². The number of carbonyl (C=O) groups excluding carboxylic acids is 1. The normalized spacial score (nSPS) is 11.5. The van der Waals surface area contributed by atoms with Crippen molar-refractivity contribution in [1.29, 1.82) is 0 Å². The average Bonchev–Trinajstić information content (AvgIpc) is 3.27. The van der Waals surface area contributed by atoms with Crippen LogP contribution in [0.2, 0.25) is 0 Å². The van der Waals surface area contributed by atoms with Gasteiger partial charge in [0, 0.05) is 28.2 Å². The van der Waals surface area contributed by atoms with Gasteiger partial charge in [-0.2, -0.15) is 5.10 Å². The molecule has 0 saturated heterocycles. The summed E-state index contributed by atoms with van der Waals surface area (Å²) in [5.41, 5.74) is 3.54. The topological polar surface area (TPSA) is 117 Å². The molecule has 0 atom stereocenters. The average molecular weight is 428 g/mol. The van der Waals surface area contributed by atoms with E-state index in [-0.39, 0.29) is 12.3 Å². The van der Waals surface area contributed by atoms with Crippen molar-refractivity contribution in [3.63, 3.8) is 0 Å². The van der Waals surface area contributed by atoms with Crippen LogP contribution in [0.3, 0.4) is 0 Å². The van der Waals surface area contributed by atoms with E-state index in [1.807, 2.05) is 23.6 Å². The zero-order valence-corrected chi connectivity index (χ0v) is 17.0. The number of aromatic nitrogens is 3. The first kappa shape index (κ1) is 19.1. The number of hydrogen-bond donors (Lipinski definition) is 3. The number of aromatic amines is 1. The monoisotopic (exact) mass is 427 g/mol. The molecule has 0 bridgehead atoms. The van der Waals surface area contributed by atoms with Gasteiger partial charge in [-0.15, -0.1) is 11.3 Å². The lowest BCUT2D eigenvalue weighted by molar-refractivity contribution is -0.115. The number of fused-ring (bicyclic) bond motifs is 1. The van der Waals surface area contributed by atoms with E-state index in [0.717, 1.165) is 22.9 Å². The molecule has 0 spiro atoms. The number of thiophene rings is 1. The lowest BCUT2D eigenvalue weighted by Crippen LogP contribution is -2.14. The number of amides is 1. The second-order valence-corrected chi connectivity index (χ2v) is 9.13. The summed E-state index contributed by atoms with van der Waals surface area (Å²) in [4.78, 5) is 16.6. The third kappa shape index (κ3) is 4.61. The lowest BCUT2D eigenvalue weighted by Gasteiger charge is -2.07. The molecule has 0 saturated carbocycles. The molecule has 148 valence electrons. The molecule has 0 unspecified atom stereocenters. The number of anilines is 2. The van der Waals surface area contributed by atoms with Crippen molar-refractivity contribution in [1.82, 2.24) is 15.2 Å². The van der Waals surface area contributed by atoms with E-state index in [1.165, 1.54) is 11.3 Å². The number of hydrogen-bond acceptors (Lipinski definition) is 6. The quantitative estimate of drug-likeness (QED) is 0.437. The predicted molar refractivity (Wildman–Crippen MR) is 114 cm³/mol. The Morgan fingerprint density at radius 2 is 2.07 bits per heavy atom. The van der Waals surface area contributed by atoms with Crippen LogP contribution in [0.25, 0.3) is 22.3 Å². The van der Waals surface area contributed by atoms with E-state index in [2.05, 4.69) is 25.2 Å². The molecule has 3 heterocycles. The summed E-state index contributed by atoms with van der Waals surface area (Å²) in [7, 11) is -3.37. The molecule has 10 heteroatoms. The zero-order valence-electron chi connectivity index (χ0n) is 15.3. The number of benzene rings is 1. The van der Waals surface area contributed by atoms with Gasteiger partial charge in [0.15, 0.2) is 5.65 Å². The van der Waals surface area contributed by atoms with Gasteiger partial charge in [-0.05, 0) is 35.9 Å². The van der Waals surface area contributed by atoms with Crippen LogP contribution in [0.5, 0.6) is 0 Å². The highest BCUT2D eigenvalue weighted by molar-refractivity contribution is 7.92. The van der Waals surface area contributed by atoms with Crippen LogP contribution in [0.1, 0.15) is 5.56 Å². The van der Waals surface area contributed by atoms with Gasteiger partial charge in [0.2, 0.25) is 15.9 Å². The molecule has 0 aliphatic heterocycles. The second kappa shape index (κ2) is 7.64. The molecular formula is C19H17N5O3S2. The molecule has 3 aromatic heterocycles. The van der Waals surface area contributed by atoms with Crippen molar-refractivity contribution in [3.05, 3.63) is 59.6 Å². The standard InChI is InChI=1S/C19H17N5O3S2/c1-29(26,27)24-14-5-2-4-12(8-14)9-16(25)21-17-10-13(11-28-17)18-15-6-3-7-20-19(15)23-22-18/h2-8,10-11,24H,9H2,1H3,(H,21,25)(H,20,22,23). The second-order valence-electron chi connectivity index (χ2n) is 6.47. The number of rotatable bonds is 6. The molecule has 0 fully saturated rings. The van der Waals surface area contributed by atoms with Gasteiger partial charge < -0.3 is 5.32 Å². The fraction of sp³-hybridized carbons (Fsp3) is 0.105. The Bertz CT molecular complexity index is 1290. The maximum atomic E-state index is 12.4. The van der Waals surface area contributed by atoms with E-state index in [4.69, 9.17) is 0 Å². The van der Waals surface area contributed by atoms with Crippen molar-refractivity contribution in [2.45, 2.75) is 6.42 Å². The van der Waals surface area contributed by atoms with Crippen molar-refractivity contribution >= 4 is 49.0 Å². The predicted octanol–water partition coefficient (Wildman–Crippen LogP) is 3.24. The number of nitrogens with one attached hydrogen (secondary N) is 3. The Morgan fingerprint density at radius 1 is 1.21 bits per heavy atom. The highest BCUT2D eigenvalue weighted by Crippen LogP contribution is 2.31. The Kier molecular flexibility index (Phi) is 5.03. The number of pyridine rings is 1. The highest BCUT2D eigenvalue weighted by atomic mass is 32.2. The van der Waals surface area contributed by atoms with Crippen LogP contribution >= 0.6 is 11.3 Å². The van der Waals surface area contributed by atoms with E-state index in [1.54, 1.807) is 30.5 Å². The maximum Gasteiger partial charge on any atom is 0.229 e. The van der Waals surface area contributed by atoms with Crippen molar-refractivity contribution in [3.8, 4) is 11.3 Å². The summed E-state index contributed by atoms with van der Waals surface area (Å²) in [6.45, 7) is 0. The molecule has 0 radical (unpaired) electrons. The molecule has 3 N–H and O–H groups in total.